The minimum atomic E-state index is -0.158. The summed E-state index contributed by atoms with van der Waals surface area (Å²) in [5, 5.41) is 2.81. The summed E-state index contributed by atoms with van der Waals surface area (Å²) in [6, 6.07) is 7.23. The Morgan fingerprint density at radius 1 is 1.53 bits per heavy atom. The van der Waals surface area contributed by atoms with E-state index in [1.807, 2.05) is 18.2 Å². The number of hydrogen-bond acceptors (Lipinski definition) is 3. The van der Waals surface area contributed by atoms with Gasteiger partial charge in [0.2, 0.25) is 5.91 Å². The van der Waals surface area contributed by atoms with Crippen LogP contribution in [0.25, 0.3) is 0 Å². The van der Waals surface area contributed by atoms with Crippen LogP contribution in [0.5, 0.6) is 0 Å². The first-order chi connectivity index (χ1) is 9.08. The minimum absolute atomic E-state index is 0.0339. The Bertz CT molecular complexity index is 493. The SMILES string of the molecule is CN1CC(CNC(=O)c2ccccc2Br)OCC1=O. The fourth-order valence-corrected chi connectivity index (χ4v) is 2.29. The van der Waals surface area contributed by atoms with Gasteiger partial charge >= 0.3 is 0 Å². The molecule has 19 heavy (non-hydrogen) atoms. The molecule has 0 radical (unpaired) electrons. The van der Waals surface area contributed by atoms with Crippen molar-refractivity contribution in [3.05, 3.63) is 34.3 Å². The molecule has 102 valence electrons. The van der Waals surface area contributed by atoms with Crippen LogP contribution in [0.4, 0.5) is 0 Å². The van der Waals surface area contributed by atoms with Gasteiger partial charge in [0.05, 0.1) is 11.7 Å². The lowest BCUT2D eigenvalue weighted by Gasteiger charge is -2.29. The van der Waals surface area contributed by atoms with Crippen LogP contribution in [-0.4, -0.2) is 49.6 Å². The third-order valence-electron chi connectivity index (χ3n) is 2.95. The van der Waals surface area contributed by atoms with Gasteiger partial charge in [0.25, 0.3) is 5.91 Å². The molecule has 1 N–H and O–H groups in total. The topological polar surface area (TPSA) is 58.6 Å². The van der Waals surface area contributed by atoms with E-state index in [0.717, 1.165) is 4.47 Å². The molecule has 0 saturated carbocycles. The molecule has 0 aromatic heterocycles. The van der Waals surface area contributed by atoms with Gasteiger partial charge in [-0.1, -0.05) is 12.1 Å². The first-order valence-corrected chi connectivity index (χ1v) is 6.75. The van der Waals surface area contributed by atoms with Crippen LogP contribution in [0, 0.1) is 0 Å². The summed E-state index contributed by atoms with van der Waals surface area (Å²) in [6.45, 7) is 0.957. The molecule has 1 heterocycles. The van der Waals surface area contributed by atoms with Crippen molar-refractivity contribution in [3.63, 3.8) is 0 Å². The smallest absolute Gasteiger partial charge is 0.252 e. The van der Waals surface area contributed by atoms with E-state index in [4.69, 9.17) is 4.74 Å². The molecular weight excluding hydrogens is 312 g/mol. The molecule has 1 fully saturated rings. The van der Waals surface area contributed by atoms with Crippen LogP contribution < -0.4 is 5.32 Å². The average Bonchev–Trinajstić information content (AvgIpc) is 2.40. The van der Waals surface area contributed by atoms with Gasteiger partial charge in [0, 0.05) is 24.6 Å². The number of carbonyl (C=O) groups is 2. The molecule has 0 aliphatic carbocycles. The summed E-state index contributed by atoms with van der Waals surface area (Å²) in [4.78, 5) is 24.8. The lowest BCUT2D eigenvalue weighted by Crippen LogP contribution is -2.48. The third kappa shape index (κ3) is 3.54. The highest BCUT2D eigenvalue weighted by molar-refractivity contribution is 9.10. The molecule has 1 aliphatic rings. The van der Waals surface area contributed by atoms with Crippen LogP contribution in [0.3, 0.4) is 0 Å². The number of benzene rings is 1. The number of rotatable bonds is 3. The van der Waals surface area contributed by atoms with Crippen molar-refractivity contribution < 1.29 is 14.3 Å². The predicted molar refractivity (Wildman–Crippen MR) is 73.9 cm³/mol. The Kier molecular flexibility index (Phi) is 4.55. The zero-order chi connectivity index (χ0) is 13.8. The highest BCUT2D eigenvalue weighted by Gasteiger charge is 2.23. The lowest BCUT2D eigenvalue weighted by molar-refractivity contribution is -0.146. The molecule has 1 aliphatic heterocycles. The van der Waals surface area contributed by atoms with E-state index in [2.05, 4.69) is 21.2 Å². The number of nitrogens with zero attached hydrogens (tertiary/aromatic N) is 1. The van der Waals surface area contributed by atoms with Crippen molar-refractivity contribution in [2.45, 2.75) is 6.10 Å². The average molecular weight is 327 g/mol. The van der Waals surface area contributed by atoms with Crippen LogP contribution in [0.15, 0.2) is 28.7 Å². The molecule has 2 amide bonds. The first-order valence-electron chi connectivity index (χ1n) is 5.96. The highest BCUT2D eigenvalue weighted by atomic mass is 79.9. The molecule has 5 nitrogen and oxygen atoms in total. The highest BCUT2D eigenvalue weighted by Crippen LogP contribution is 2.15. The van der Waals surface area contributed by atoms with Crippen LogP contribution >= 0.6 is 15.9 Å². The summed E-state index contributed by atoms with van der Waals surface area (Å²) in [5.41, 5.74) is 0.586. The summed E-state index contributed by atoms with van der Waals surface area (Å²) >= 11 is 3.34. The van der Waals surface area contributed by atoms with Crippen LogP contribution in [0.2, 0.25) is 0 Å². The van der Waals surface area contributed by atoms with E-state index < -0.39 is 0 Å². The third-order valence-corrected chi connectivity index (χ3v) is 3.65. The Balaban J connectivity index is 1.88. The Morgan fingerprint density at radius 3 is 2.95 bits per heavy atom. The molecule has 6 heteroatoms. The van der Waals surface area contributed by atoms with Crippen molar-refractivity contribution in [2.75, 3.05) is 26.7 Å². The van der Waals surface area contributed by atoms with Gasteiger partial charge in [-0.05, 0) is 28.1 Å². The van der Waals surface area contributed by atoms with Gasteiger partial charge < -0.3 is 15.0 Å². The first kappa shape index (κ1) is 14.0. The van der Waals surface area contributed by atoms with E-state index in [1.54, 1.807) is 18.0 Å². The summed E-state index contributed by atoms with van der Waals surface area (Å²) in [7, 11) is 1.73. The second kappa shape index (κ2) is 6.16. The summed E-state index contributed by atoms with van der Waals surface area (Å²) in [6.07, 6.45) is -0.158. The molecule has 1 atom stereocenters. The number of nitrogens with one attached hydrogen (secondary N) is 1. The van der Waals surface area contributed by atoms with Crippen molar-refractivity contribution in [2.24, 2.45) is 0 Å². The largest absolute Gasteiger partial charge is 0.365 e. The van der Waals surface area contributed by atoms with Gasteiger partial charge in [-0.15, -0.1) is 0 Å². The van der Waals surface area contributed by atoms with Crippen molar-refractivity contribution >= 4 is 27.7 Å². The van der Waals surface area contributed by atoms with Crippen molar-refractivity contribution in [1.82, 2.24) is 10.2 Å². The van der Waals surface area contributed by atoms with Crippen molar-refractivity contribution in [1.29, 1.82) is 0 Å². The fourth-order valence-electron chi connectivity index (χ4n) is 1.83. The number of amides is 2. The number of likely N-dealkylation sites (N-methyl/N-ethyl adjacent to an activating group) is 1. The van der Waals surface area contributed by atoms with Gasteiger partial charge in [0.15, 0.2) is 0 Å². The minimum Gasteiger partial charge on any atom is -0.365 e. The lowest BCUT2D eigenvalue weighted by atomic mass is 10.2. The number of carbonyl (C=O) groups excluding carboxylic acids is 2. The molecule has 1 unspecified atom stereocenters. The Morgan fingerprint density at radius 2 is 2.26 bits per heavy atom. The molecule has 1 aromatic rings. The molecule has 1 saturated heterocycles. The zero-order valence-electron chi connectivity index (χ0n) is 10.6. The standard InChI is InChI=1S/C13H15BrN2O3/c1-16-7-9(19-8-12(16)17)6-15-13(18)10-4-2-3-5-11(10)14/h2-5,9H,6-8H2,1H3,(H,15,18). The maximum Gasteiger partial charge on any atom is 0.252 e. The van der Waals surface area contributed by atoms with Crippen LogP contribution in [-0.2, 0) is 9.53 Å². The maximum atomic E-state index is 12.0. The van der Waals surface area contributed by atoms with E-state index in [-0.39, 0.29) is 24.5 Å². The zero-order valence-corrected chi connectivity index (χ0v) is 12.1. The fraction of sp³-hybridized carbons (Fsp3) is 0.385. The normalized spacial score (nSPS) is 19.4. The molecule has 0 spiro atoms. The molecule has 0 bridgehead atoms. The quantitative estimate of drug-likeness (QED) is 0.902. The predicted octanol–water partition coefficient (Wildman–Crippen LogP) is 1.04. The van der Waals surface area contributed by atoms with Crippen molar-refractivity contribution in [3.8, 4) is 0 Å². The molecular formula is C13H15BrN2O3. The second-order valence-electron chi connectivity index (χ2n) is 4.40. The van der Waals surface area contributed by atoms with Crippen LogP contribution in [0.1, 0.15) is 10.4 Å². The molecule has 1 aromatic carbocycles. The maximum absolute atomic E-state index is 12.0. The van der Waals surface area contributed by atoms with E-state index in [0.29, 0.717) is 18.7 Å². The Labute approximate surface area is 120 Å². The van der Waals surface area contributed by atoms with Gasteiger partial charge in [0.1, 0.15) is 6.61 Å². The number of hydrogen-bond donors (Lipinski definition) is 1. The van der Waals surface area contributed by atoms with E-state index in [1.165, 1.54) is 0 Å². The monoisotopic (exact) mass is 326 g/mol. The number of morpholine rings is 1. The number of ether oxygens (including phenoxy) is 1. The second-order valence-corrected chi connectivity index (χ2v) is 5.25. The van der Waals surface area contributed by atoms with E-state index >= 15 is 0 Å². The summed E-state index contributed by atoms with van der Waals surface area (Å²) in [5.74, 6) is -0.191. The Hall–Kier alpha value is -1.40. The number of halogens is 1. The molecule has 2 rings (SSSR count). The van der Waals surface area contributed by atoms with Gasteiger partial charge in [-0.25, -0.2) is 0 Å². The van der Waals surface area contributed by atoms with Gasteiger partial charge in [-0.3, -0.25) is 9.59 Å². The van der Waals surface area contributed by atoms with Gasteiger partial charge in [-0.2, -0.15) is 0 Å². The summed E-state index contributed by atoms with van der Waals surface area (Å²) < 4.78 is 6.11. The van der Waals surface area contributed by atoms with E-state index in [9.17, 15) is 9.59 Å².